The molecule has 1 heterocycles. The minimum atomic E-state index is -0.363. The second kappa shape index (κ2) is 6.17. The summed E-state index contributed by atoms with van der Waals surface area (Å²) in [6.07, 6.45) is 3.20. The van der Waals surface area contributed by atoms with Gasteiger partial charge in [-0.2, -0.15) is 0 Å². The molecule has 0 atom stereocenters. The Balaban J connectivity index is 2.61. The maximum atomic E-state index is 13.1. The van der Waals surface area contributed by atoms with Crippen molar-refractivity contribution in [2.24, 2.45) is 5.73 Å². The lowest BCUT2D eigenvalue weighted by atomic mass is 9.99. The van der Waals surface area contributed by atoms with Gasteiger partial charge in [0.25, 0.3) is 5.91 Å². The monoisotopic (exact) mass is 285 g/mol. The summed E-state index contributed by atoms with van der Waals surface area (Å²) in [5.74, 6) is -0.603. The average molecular weight is 285 g/mol. The molecule has 1 aromatic heterocycles. The molecule has 5 heteroatoms. The number of carbonyl (C=O) groups is 1. The third-order valence-corrected chi connectivity index (χ3v) is 3.01. The summed E-state index contributed by atoms with van der Waals surface area (Å²) in [4.78, 5) is 17.8. The van der Waals surface area contributed by atoms with E-state index in [1.165, 1.54) is 17.0 Å². The molecule has 0 aliphatic heterocycles. The number of nitrogens with zero attached hydrogens (tertiary/aromatic N) is 2. The Labute approximate surface area is 122 Å². The van der Waals surface area contributed by atoms with Gasteiger partial charge in [-0.15, -0.1) is 0 Å². The topological polar surface area (TPSA) is 59.2 Å². The largest absolute Gasteiger partial charge is 0.398 e. The fourth-order valence-corrected chi connectivity index (χ4v) is 1.91. The fraction of sp³-hybridized carbons (Fsp3) is 0.125. The molecule has 0 bridgehead atoms. The van der Waals surface area contributed by atoms with E-state index in [1.807, 2.05) is 0 Å². The molecule has 1 aromatic carbocycles. The van der Waals surface area contributed by atoms with Crippen molar-refractivity contribution < 1.29 is 9.18 Å². The number of hydrogen-bond donors (Lipinski definition) is 1. The van der Waals surface area contributed by atoms with Crippen molar-refractivity contribution in [3.63, 3.8) is 0 Å². The van der Waals surface area contributed by atoms with Gasteiger partial charge in [-0.3, -0.25) is 9.78 Å². The average Bonchev–Trinajstić information content (AvgIpc) is 2.50. The number of pyridine rings is 1. The minimum absolute atomic E-state index is 0.240. The zero-order valence-electron chi connectivity index (χ0n) is 11.9. The van der Waals surface area contributed by atoms with Crippen molar-refractivity contribution >= 4 is 17.2 Å². The Morgan fingerprint density at radius 1 is 1.05 bits per heavy atom. The van der Waals surface area contributed by atoms with Gasteiger partial charge in [0.15, 0.2) is 0 Å². The molecule has 2 aromatic rings. The van der Waals surface area contributed by atoms with Crippen LogP contribution in [0.25, 0.3) is 11.3 Å². The highest BCUT2D eigenvalue weighted by molar-refractivity contribution is 6.26. The van der Waals surface area contributed by atoms with Crippen molar-refractivity contribution in [1.29, 1.82) is 0 Å². The number of aromatic nitrogens is 1. The summed E-state index contributed by atoms with van der Waals surface area (Å²) in [6, 6.07) is 9.14. The number of carbonyl (C=O) groups excluding carboxylic acids is 1. The van der Waals surface area contributed by atoms with E-state index >= 15 is 0 Å². The molecule has 0 saturated carbocycles. The fourth-order valence-electron chi connectivity index (χ4n) is 1.91. The van der Waals surface area contributed by atoms with E-state index in [0.717, 1.165) is 0 Å². The van der Waals surface area contributed by atoms with Crippen LogP contribution in [0, 0.1) is 5.82 Å². The standard InChI is InChI=1S/C16H16FN3O/c1-20(2)16(21)14(11-3-5-13(17)6-4-11)15(18)12-7-9-19-10-8-12/h3-10H,18H2,1-2H3/b15-14-. The molecule has 0 saturated heterocycles. The Kier molecular flexibility index (Phi) is 4.33. The zero-order valence-corrected chi connectivity index (χ0v) is 11.9. The van der Waals surface area contributed by atoms with Crippen molar-refractivity contribution in [2.75, 3.05) is 14.1 Å². The minimum Gasteiger partial charge on any atom is -0.398 e. The van der Waals surface area contributed by atoms with Gasteiger partial charge in [-0.25, -0.2) is 4.39 Å². The molecule has 0 radical (unpaired) electrons. The predicted molar refractivity (Wildman–Crippen MR) is 80.3 cm³/mol. The molecular formula is C16H16FN3O. The smallest absolute Gasteiger partial charge is 0.256 e. The maximum Gasteiger partial charge on any atom is 0.256 e. The quantitative estimate of drug-likeness (QED) is 0.879. The summed E-state index contributed by atoms with van der Waals surface area (Å²) in [7, 11) is 3.29. The lowest BCUT2D eigenvalue weighted by molar-refractivity contribution is -0.122. The first-order valence-corrected chi connectivity index (χ1v) is 6.38. The molecule has 0 spiro atoms. The van der Waals surface area contributed by atoms with E-state index in [4.69, 9.17) is 5.73 Å². The van der Waals surface area contributed by atoms with Gasteiger partial charge in [0, 0.05) is 32.1 Å². The van der Waals surface area contributed by atoms with Crippen molar-refractivity contribution in [1.82, 2.24) is 9.88 Å². The van der Waals surface area contributed by atoms with Crippen molar-refractivity contribution in [3.8, 4) is 0 Å². The first-order chi connectivity index (χ1) is 10.0. The Morgan fingerprint density at radius 3 is 2.14 bits per heavy atom. The lowest BCUT2D eigenvalue weighted by Crippen LogP contribution is -2.25. The first-order valence-electron chi connectivity index (χ1n) is 6.38. The van der Waals surface area contributed by atoms with Crippen LogP contribution in [0.1, 0.15) is 11.1 Å². The van der Waals surface area contributed by atoms with Crippen molar-refractivity contribution in [3.05, 3.63) is 65.7 Å². The summed E-state index contributed by atoms with van der Waals surface area (Å²) in [6.45, 7) is 0. The molecule has 1 amide bonds. The van der Waals surface area contributed by atoms with E-state index < -0.39 is 0 Å². The van der Waals surface area contributed by atoms with Gasteiger partial charge in [0.2, 0.25) is 0 Å². The summed E-state index contributed by atoms with van der Waals surface area (Å²) in [5.41, 5.74) is 8.10. The van der Waals surface area contributed by atoms with Gasteiger partial charge >= 0.3 is 0 Å². The number of nitrogens with two attached hydrogens (primary N) is 1. The third kappa shape index (κ3) is 3.25. The number of likely N-dealkylation sites (N-methyl/N-ethyl adjacent to an activating group) is 1. The molecule has 0 unspecified atom stereocenters. The summed E-state index contributed by atoms with van der Waals surface area (Å²) in [5, 5.41) is 0. The van der Waals surface area contributed by atoms with E-state index in [9.17, 15) is 9.18 Å². The second-order valence-electron chi connectivity index (χ2n) is 4.73. The molecule has 0 fully saturated rings. The molecule has 4 nitrogen and oxygen atoms in total. The highest BCUT2D eigenvalue weighted by atomic mass is 19.1. The molecule has 0 aliphatic rings. The SMILES string of the molecule is CN(C)C(=O)/C(=C(\N)c1ccncc1)c1ccc(F)cc1. The van der Waals surface area contributed by atoms with Crippen LogP contribution < -0.4 is 5.73 Å². The predicted octanol–water partition coefficient (Wildman–Crippen LogP) is 2.14. The third-order valence-electron chi connectivity index (χ3n) is 3.01. The van der Waals surface area contributed by atoms with Crippen LogP contribution >= 0.6 is 0 Å². The number of rotatable bonds is 3. The molecular weight excluding hydrogens is 269 g/mol. The van der Waals surface area contributed by atoms with Crippen LogP contribution in [-0.2, 0) is 4.79 Å². The van der Waals surface area contributed by atoms with Gasteiger partial charge in [0.05, 0.1) is 11.3 Å². The molecule has 2 rings (SSSR count). The van der Waals surface area contributed by atoms with Gasteiger partial charge < -0.3 is 10.6 Å². The molecule has 0 aliphatic carbocycles. The first kappa shape index (κ1) is 14.7. The van der Waals surface area contributed by atoms with Gasteiger partial charge in [-0.1, -0.05) is 12.1 Å². The van der Waals surface area contributed by atoms with Crippen LogP contribution in [0.3, 0.4) is 0 Å². The van der Waals surface area contributed by atoms with E-state index in [0.29, 0.717) is 22.4 Å². The van der Waals surface area contributed by atoms with E-state index in [2.05, 4.69) is 4.98 Å². The Hall–Kier alpha value is -2.69. The van der Waals surface area contributed by atoms with Crippen LogP contribution in [-0.4, -0.2) is 29.9 Å². The highest BCUT2D eigenvalue weighted by Crippen LogP contribution is 2.24. The maximum absolute atomic E-state index is 13.1. The second-order valence-corrected chi connectivity index (χ2v) is 4.73. The summed E-state index contributed by atoms with van der Waals surface area (Å²) >= 11 is 0. The van der Waals surface area contributed by atoms with Crippen LogP contribution in [0.2, 0.25) is 0 Å². The lowest BCUT2D eigenvalue weighted by Gasteiger charge is -2.17. The molecule has 2 N–H and O–H groups in total. The number of amides is 1. The highest BCUT2D eigenvalue weighted by Gasteiger charge is 2.19. The van der Waals surface area contributed by atoms with E-state index in [1.54, 1.807) is 50.8 Å². The Morgan fingerprint density at radius 2 is 1.62 bits per heavy atom. The number of hydrogen-bond acceptors (Lipinski definition) is 3. The van der Waals surface area contributed by atoms with Crippen LogP contribution in [0.5, 0.6) is 0 Å². The summed E-state index contributed by atoms with van der Waals surface area (Å²) < 4.78 is 13.1. The van der Waals surface area contributed by atoms with Crippen LogP contribution in [0.15, 0.2) is 48.8 Å². The van der Waals surface area contributed by atoms with E-state index in [-0.39, 0.29) is 11.7 Å². The molecule has 108 valence electrons. The zero-order chi connectivity index (χ0) is 15.4. The molecule has 21 heavy (non-hydrogen) atoms. The normalized spacial score (nSPS) is 11.8. The number of halogens is 1. The van der Waals surface area contributed by atoms with Gasteiger partial charge in [0.1, 0.15) is 5.82 Å². The number of benzene rings is 1. The van der Waals surface area contributed by atoms with Crippen LogP contribution in [0.4, 0.5) is 4.39 Å². The van der Waals surface area contributed by atoms with Crippen molar-refractivity contribution in [2.45, 2.75) is 0 Å². The Bertz CT molecular complexity index is 664. The van der Waals surface area contributed by atoms with Gasteiger partial charge in [-0.05, 0) is 29.8 Å².